The van der Waals surface area contributed by atoms with Crippen LogP contribution < -0.4 is 0 Å². The lowest BCUT2D eigenvalue weighted by molar-refractivity contribution is 1.26. The summed E-state index contributed by atoms with van der Waals surface area (Å²) in [5.74, 6) is 0. The van der Waals surface area contributed by atoms with Crippen LogP contribution in [0.25, 0.3) is 16.1 Å². The van der Waals surface area contributed by atoms with Gasteiger partial charge in [0.05, 0.1) is 5.69 Å². The summed E-state index contributed by atoms with van der Waals surface area (Å²) in [5, 5.41) is 0. The number of pyridine rings is 1. The zero-order chi connectivity index (χ0) is 10.5. The van der Waals surface area contributed by atoms with Crippen LogP contribution in [0.3, 0.4) is 0 Å². The summed E-state index contributed by atoms with van der Waals surface area (Å²) in [6, 6.07) is 13.8. The zero-order valence-electron chi connectivity index (χ0n) is 8.22. The molecular weight excluding hydrogens is 184 g/mol. The number of hydrogen-bond acceptors (Lipinski definition) is 1. The maximum absolute atomic E-state index is 6.77. The van der Waals surface area contributed by atoms with Crippen molar-refractivity contribution in [1.29, 1.82) is 0 Å². The molecular formula is C13H10N2. The van der Waals surface area contributed by atoms with Crippen LogP contribution in [0.4, 0.5) is 0 Å². The number of hydrogen-bond donors (Lipinski definition) is 0. The van der Waals surface area contributed by atoms with Gasteiger partial charge >= 0.3 is 0 Å². The lowest BCUT2D eigenvalue weighted by atomic mass is 10.1. The Morgan fingerprint density at radius 3 is 2.47 bits per heavy atom. The van der Waals surface area contributed by atoms with Crippen molar-refractivity contribution < 1.29 is 0 Å². The monoisotopic (exact) mass is 194 g/mol. The molecule has 0 saturated carbocycles. The third-order valence-electron chi connectivity index (χ3n) is 2.18. The third-order valence-corrected chi connectivity index (χ3v) is 2.18. The van der Waals surface area contributed by atoms with Crippen molar-refractivity contribution in [2.75, 3.05) is 0 Å². The molecule has 0 amide bonds. The summed E-state index contributed by atoms with van der Waals surface area (Å²) >= 11 is 0. The topological polar surface area (TPSA) is 17.2 Å². The molecule has 0 atom stereocenters. The maximum Gasteiger partial charge on any atom is 0.239 e. The van der Waals surface area contributed by atoms with Crippen molar-refractivity contribution in [2.24, 2.45) is 0 Å². The number of nitrogens with zero attached hydrogens (tertiary/aromatic N) is 2. The molecule has 1 heterocycles. The van der Waals surface area contributed by atoms with Crippen molar-refractivity contribution in [3.63, 3.8) is 0 Å². The van der Waals surface area contributed by atoms with Crippen molar-refractivity contribution in [3.8, 4) is 11.3 Å². The molecule has 0 aliphatic heterocycles. The Bertz CT molecular complexity index is 466. The minimum atomic E-state index is 0.447. The van der Waals surface area contributed by atoms with E-state index in [-0.39, 0.29) is 0 Å². The highest BCUT2D eigenvalue weighted by Crippen LogP contribution is 2.16. The highest BCUT2D eigenvalue weighted by Gasteiger charge is 1.99. The van der Waals surface area contributed by atoms with Gasteiger partial charge in [-0.1, -0.05) is 30.3 Å². The molecule has 0 N–H and O–H groups in total. The van der Waals surface area contributed by atoms with Crippen LogP contribution in [0.2, 0.25) is 0 Å². The molecule has 1 aromatic heterocycles. The van der Waals surface area contributed by atoms with Gasteiger partial charge in [-0.2, -0.15) is 0 Å². The summed E-state index contributed by atoms with van der Waals surface area (Å²) in [6.45, 7) is 7.22. The van der Waals surface area contributed by atoms with Crippen LogP contribution in [0, 0.1) is 6.57 Å². The van der Waals surface area contributed by atoms with E-state index in [1.54, 1.807) is 6.20 Å². The van der Waals surface area contributed by atoms with Gasteiger partial charge in [0.25, 0.3) is 0 Å². The molecule has 1 aromatic carbocycles. The first kappa shape index (κ1) is 9.42. The van der Waals surface area contributed by atoms with Crippen molar-refractivity contribution in [2.45, 2.75) is 6.54 Å². The van der Waals surface area contributed by atoms with Gasteiger partial charge in [0.1, 0.15) is 0 Å². The molecule has 0 spiro atoms. The van der Waals surface area contributed by atoms with E-state index in [4.69, 9.17) is 6.57 Å². The quantitative estimate of drug-likeness (QED) is 0.671. The maximum atomic E-state index is 6.77. The average Bonchev–Trinajstić information content (AvgIpc) is 2.32. The second kappa shape index (κ2) is 4.39. The van der Waals surface area contributed by atoms with Crippen molar-refractivity contribution >= 4 is 0 Å². The molecule has 0 fully saturated rings. The Balaban J connectivity index is 2.29. The average molecular weight is 194 g/mol. The van der Waals surface area contributed by atoms with Crippen molar-refractivity contribution in [1.82, 2.24) is 4.98 Å². The fourth-order valence-corrected chi connectivity index (χ4v) is 1.41. The normalized spacial score (nSPS) is 9.53. The Morgan fingerprint density at radius 2 is 1.87 bits per heavy atom. The SMILES string of the molecule is [C-]#[N+]Cc1ccc(-c2ccccn2)cc1. The fourth-order valence-electron chi connectivity index (χ4n) is 1.41. The lowest BCUT2D eigenvalue weighted by Crippen LogP contribution is -1.83. The molecule has 0 aliphatic carbocycles. The smallest absolute Gasteiger partial charge is 0.239 e. The number of rotatable bonds is 2. The molecule has 0 aliphatic rings. The standard InChI is InChI=1S/C13H10N2/c1-14-10-11-5-7-12(8-6-11)13-4-2-3-9-15-13/h2-9H,10H2. The van der Waals surface area contributed by atoms with E-state index in [2.05, 4.69) is 9.83 Å². The van der Waals surface area contributed by atoms with Gasteiger partial charge in [-0.05, 0) is 12.1 Å². The first-order valence-electron chi connectivity index (χ1n) is 4.74. The molecule has 0 radical (unpaired) electrons. The van der Waals surface area contributed by atoms with Gasteiger partial charge in [0.15, 0.2) is 0 Å². The molecule has 2 aromatic rings. The van der Waals surface area contributed by atoms with Crippen LogP contribution in [0.1, 0.15) is 5.56 Å². The number of aromatic nitrogens is 1. The van der Waals surface area contributed by atoms with Crippen LogP contribution >= 0.6 is 0 Å². The van der Waals surface area contributed by atoms with Gasteiger partial charge in [0.2, 0.25) is 6.54 Å². The first-order valence-corrected chi connectivity index (χ1v) is 4.74. The minimum Gasteiger partial charge on any atom is -0.312 e. The van der Waals surface area contributed by atoms with E-state index in [0.29, 0.717) is 6.54 Å². The highest BCUT2D eigenvalue weighted by molar-refractivity contribution is 5.58. The molecule has 0 unspecified atom stereocenters. The first-order chi connectivity index (χ1) is 7.40. The molecule has 2 heteroatoms. The molecule has 2 rings (SSSR count). The van der Waals surface area contributed by atoms with E-state index in [0.717, 1.165) is 16.8 Å². The molecule has 15 heavy (non-hydrogen) atoms. The van der Waals surface area contributed by atoms with Gasteiger partial charge in [-0.3, -0.25) is 4.98 Å². The summed E-state index contributed by atoms with van der Waals surface area (Å²) in [7, 11) is 0. The predicted molar refractivity (Wildman–Crippen MR) is 60.0 cm³/mol. The Hall–Kier alpha value is -2.14. The van der Waals surface area contributed by atoms with Gasteiger partial charge in [-0.15, -0.1) is 0 Å². The van der Waals surface area contributed by atoms with Crippen LogP contribution in [-0.2, 0) is 6.54 Å². The second-order valence-corrected chi connectivity index (χ2v) is 3.23. The summed E-state index contributed by atoms with van der Waals surface area (Å²) in [5.41, 5.74) is 3.10. The van der Waals surface area contributed by atoms with Crippen LogP contribution in [-0.4, -0.2) is 4.98 Å². The molecule has 72 valence electrons. The van der Waals surface area contributed by atoms with E-state index >= 15 is 0 Å². The van der Waals surface area contributed by atoms with Gasteiger partial charge in [0, 0.05) is 17.3 Å². The largest absolute Gasteiger partial charge is 0.312 e. The fraction of sp³-hybridized carbons (Fsp3) is 0.0769. The Morgan fingerprint density at radius 1 is 1.07 bits per heavy atom. The minimum absolute atomic E-state index is 0.447. The summed E-state index contributed by atoms with van der Waals surface area (Å²) < 4.78 is 0. The summed E-state index contributed by atoms with van der Waals surface area (Å²) in [6.07, 6.45) is 1.78. The summed E-state index contributed by atoms with van der Waals surface area (Å²) in [4.78, 5) is 7.61. The predicted octanol–water partition coefficient (Wildman–Crippen LogP) is 3.17. The van der Waals surface area contributed by atoms with Gasteiger partial charge in [-0.25, -0.2) is 6.57 Å². The van der Waals surface area contributed by atoms with E-state index in [1.165, 1.54) is 0 Å². The second-order valence-electron chi connectivity index (χ2n) is 3.23. The number of benzene rings is 1. The third kappa shape index (κ3) is 2.21. The van der Waals surface area contributed by atoms with E-state index < -0.39 is 0 Å². The Labute approximate surface area is 89.0 Å². The Kier molecular flexibility index (Phi) is 2.75. The molecule has 2 nitrogen and oxygen atoms in total. The van der Waals surface area contributed by atoms with Gasteiger partial charge < -0.3 is 4.85 Å². The molecule has 0 bridgehead atoms. The van der Waals surface area contributed by atoms with E-state index in [9.17, 15) is 0 Å². The lowest BCUT2D eigenvalue weighted by Gasteiger charge is -1.99. The van der Waals surface area contributed by atoms with E-state index in [1.807, 2.05) is 42.5 Å². The highest BCUT2D eigenvalue weighted by atomic mass is 14.7. The van der Waals surface area contributed by atoms with Crippen LogP contribution in [0.15, 0.2) is 48.7 Å². The van der Waals surface area contributed by atoms with Crippen molar-refractivity contribution in [3.05, 3.63) is 65.6 Å². The van der Waals surface area contributed by atoms with Crippen LogP contribution in [0.5, 0.6) is 0 Å². The zero-order valence-corrected chi connectivity index (χ0v) is 8.22. The molecule has 0 saturated heterocycles.